The number of nitrogens with zero attached hydrogens (tertiary/aromatic N) is 2. The third kappa shape index (κ3) is 6.19. The van der Waals surface area contributed by atoms with Crippen LogP contribution in [-0.2, 0) is 23.9 Å². The first-order valence-electron chi connectivity index (χ1n) is 8.59. The molecule has 0 bridgehead atoms. The average molecular weight is 385 g/mol. The van der Waals surface area contributed by atoms with E-state index in [1.165, 1.54) is 0 Å². The lowest BCUT2D eigenvalue weighted by Crippen LogP contribution is -2.29. The summed E-state index contributed by atoms with van der Waals surface area (Å²) in [4.78, 5) is 11.9. The maximum atomic E-state index is 12.5. The highest BCUT2D eigenvalue weighted by molar-refractivity contribution is 5.75. The van der Waals surface area contributed by atoms with Crippen LogP contribution in [0.5, 0.6) is 11.5 Å². The largest absolute Gasteiger partial charge is 0.490 e. The number of carbonyl (C=O) groups excluding carboxylic acids is 1. The van der Waals surface area contributed by atoms with E-state index in [4.69, 9.17) is 9.47 Å². The summed E-state index contributed by atoms with van der Waals surface area (Å²) in [5, 5.41) is 6.01. The van der Waals surface area contributed by atoms with Crippen LogP contribution in [-0.4, -0.2) is 35.4 Å². The number of alkyl halides is 3. The molecule has 2 aromatic rings. The number of nitrogens with one attached hydrogen (secondary N) is 1. The zero-order valence-corrected chi connectivity index (χ0v) is 15.2. The van der Waals surface area contributed by atoms with Crippen LogP contribution in [0, 0.1) is 0 Å². The lowest BCUT2D eigenvalue weighted by molar-refractivity contribution is -0.141. The summed E-state index contributed by atoms with van der Waals surface area (Å²) in [6, 6.07) is 6.38. The van der Waals surface area contributed by atoms with Gasteiger partial charge in [-0.15, -0.1) is 0 Å². The molecule has 0 unspecified atom stereocenters. The summed E-state index contributed by atoms with van der Waals surface area (Å²) in [6.07, 6.45) is -2.85. The van der Waals surface area contributed by atoms with Crippen molar-refractivity contribution in [2.24, 2.45) is 0 Å². The summed E-state index contributed by atoms with van der Waals surface area (Å²) in [5.41, 5.74) is -0.0752. The molecule has 0 saturated heterocycles. The number of hydrogen-bond acceptors (Lipinski definition) is 4. The first kappa shape index (κ1) is 20.6. The molecule has 0 aliphatic carbocycles. The Hall–Kier alpha value is -2.71. The molecular formula is C18H22F3N3O3. The SMILES string of the molecule is CCOc1ccc(CCNC(=O)Cn2ccc(C(F)(F)F)n2)cc1OCC. The van der Waals surface area contributed by atoms with Crippen molar-refractivity contribution < 1.29 is 27.4 Å². The van der Waals surface area contributed by atoms with Gasteiger partial charge in [0, 0.05) is 12.7 Å². The molecule has 0 aliphatic heterocycles. The third-order valence-electron chi connectivity index (χ3n) is 3.58. The Morgan fingerprint density at radius 3 is 2.48 bits per heavy atom. The van der Waals surface area contributed by atoms with E-state index < -0.39 is 17.8 Å². The van der Waals surface area contributed by atoms with Crippen molar-refractivity contribution in [3.05, 3.63) is 41.7 Å². The first-order valence-corrected chi connectivity index (χ1v) is 8.59. The number of aromatic nitrogens is 2. The molecule has 0 spiro atoms. The van der Waals surface area contributed by atoms with E-state index in [1.54, 1.807) is 0 Å². The third-order valence-corrected chi connectivity index (χ3v) is 3.58. The Labute approximate surface area is 155 Å². The van der Waals surface area contributed by atoms with Gasteiger partial charge in [-0.25, -0.2) is 0 Å². The number of halogens is 3. The van der Waals surface area contributed by atoms with Gasteiger partial charge in [0.1, 0.15) is 6.54 Å². The second-order valence-electron chi connectivity index (χ2n) is 5.64. The van der Waals surface area contributed by atoms with E-state index in [0.29, 0.717) is 37.7 Å². The van der Waals surface area contributed by atoms with E-state index >= 15 is 0 Å². The van der Waals surface area contributed by atoms with Gasteiger partial charge in [0.15, 0.2) is 17.2 Å². The zero-order chi connectivity index (χ0) is 19.9. The van der Waals surface area contributed by atoms with Crippen LogP contribution >= 0.6 is 0 Å². The van der Waals surface area contributed by atoms with Gasteiger partial charge < -0.3 is 14.8 Å². The van der Waals surface area contributed by atoms with Crippen molar-refractivity contribution in [1.29, 1.82) is 0 Å². The van der Waals surface area contributed by atoms with Crippen molar-refractivity contribution in [2.45, 2.75) is 33.0 Å². The molecule has 1 heterocycles. The van der Waals surface area contributed by atoms with E-state index in [9.17, 15) is 18.0 Å². The van der Waals surface area contributed by atoms with E-state index in [-0.39, 0.29) is 6.54 Å². The van der Waals surface area contributed by atoms with Crippen LogP contribution in [0.4, 0.5) is 13.2 Å². The predicted molar refractivity (Wildman–Crippen MR) is 92.7 cm³/mol. The monoisotopic (exact) mass is 385 g/mol. The topological polar surface area (TPSA) is 65.4 Å². The van der Waals surface area contributed by atoms with Crippen LogP contribution in [0.2, 0.25) is 0 Å². The summed E-state index contributed by atoms with van der Waals surface area (Å²) in [6.45, 7) is 4.86. The number of amides is 1. The van der Waals surface area contributed by atoms with E-state index in [0.717, 1.165) is 22.5 Å². The summed E-state index contributed by atoms with van der Waals surface area (Å²) in [7, 11) is 0. The average Bonchev–Trinajstić information content (AvgIpc) is 3.06. The van der Waals surface area contributed by atoms with Crippen LogP contribution in [0.3, 0.4) is 0 Å². The summed E-state index contributed by atoms with van der Waals surface area (Å²) < 4.78 is 49.5. The second kappa shape index (κ2) is 9.29. The van der Waals surface area contributed by atoms with Gasteiger partial charge in [-0.05, 0) is 44.0 Å². The Bertz CT molecular complexity index is 760. The summed E-state index contributed by atoms with van der Waals surface area (Å²) >= 11 is 0. The Morgan fingerprint density at radius 2 is 1.85 bits per heavy atom. The maximum absolute atomic E-state index is 12.5. The minimum absolute atomic E-state index is 0.274. The molecule has 148 valence electrons. The van der Waals surface area contributed by atoms with E-state index in [2.05, 4.69) is 10.4 Å². The molecular weight excluding hydrogens is 363 g/mol. The number of rotatable bonds is 9. The zero-order valence-electron chi connectivity index (χ0n) is 15.2. The van der Waals surface area contributed by atoms with Crippen LogP contribution < -0.4 is 14.8 Å². The van der Waals surface area contributed by atoms with Crippen molar-refractivity contribution in [3.8, 4) is 11.5 Å². The molecule has 1 amide bonds. The fourth-order valence-electron chi connectivity index (χ4n) is 2.40. The second-order valence-corrected chi connectivity index (χ2v) is 5.64. The van der Waals surface area contributed by atoms with Crippen LogP contribution in [0.15, 0.2) is 30.5 Å². The maximum Gasteiger partial charge on any atom is 0.435 e. The molecule has 0 saturated carbocycles. The van der Waals surface area contributed by atoms with Crippen molar-refractivity contribution in [3.63, 3.8) is 0 Å². The van der Waals surface area contributed by atoms with Gasteiger partial charge in [0.05, 0.1) is 13.2 Å². The number of benzene rings is 1. The van der Waals surface area contributed by atoms with E-state index in [1.807, 2.05) is 32.0 Å². The number of carbonyl (C=O) groups is 1. The smallest absolute Gasteiger partial charge is 0.435 e. The molecule has 6 nitrogen and oxygen atoms in total. The van der Waals surface area contributed by atoms with Crippen LogP contribution in [0.1, 0.15) is 25.1 Å². The van der Waals surface area contributed by atoms with Crippen LogP contribution in [0.25, 0.3) is 0 Å². The van der Waals surface area contributed by atoms with Crippen molar-refractivity contribution >= 4 is 5.91 Å². The minimum atomic E-state index is -4.52. The molecule has 0 atom stereocenters. The minimum Gasteiger partial charge on any atom is -0.490 e. The highest BCUT2D eigenvalue weighted by Crippen LogP contribution is 2.29. The first-order chi connectivity index (χ1) is 12.8. The fourth-order valence-corrected chi connectivity index (χ4v) is 2.40. The standard InChI is InChI=1S/C18H22F3N3O3/c1-3-26-14-6-5-13(11-15(14)27-4-2)7-9-22-17(25)12-24-10-8-16(23-24)18(19,20)21/h5-6,8,10-11H,3-4,7,9,12H2,1-2H3,(H,22,25). The number of hydrogen-bond donors (Lipinski definition) is 1. The molecule has 0 radical (unpaired) electrons. The van der Waals surface area contributed by atoms with Crippen molar-refractivity contribution in [1.82, 2.24) is 15.1 Å². The van der Waals surface area contributed by atoms with Gasteiger partial charge in [-0.1, -0.05) is 6.07 Å². The van der Waals surface area contributed by atoms with Gasteiger partial charge in [0.2, 0.25) is 5.91 Å². The Morgan fingerprint density at radius 1 is 1.15 bits per heavy atom. The Balaban J connectivity index is 1.85. The predicted octanol–water partition coefficient (Wildman–Crippen LogP) is 3.06. The highest BCUT2D eigenvalue weighted by atomic mass is 19.4. The molecule has 0 fully saturated rings. The molecule has 9 heteroatoms. The molecule has 2 rings (SSSR count). The highest BCUT2D eigenvalue weighted by Gasteiger charge is 2.33. The van der Waals surface area contributed by atoms with Gasteiger partial charge >= 0.3 is 6.18 Å². The number of ether oxygens (including phenoxy) is 2. The van der Waals surface area contributed by atoms with Crippen molar-refractivity contribution in [2.75, 3.05) is 19.8 Å². The lowest BCUT2D eigenvalue weighted by atomic mass is 10.1. The summed E-state index contributed by atoms with van der Waals surface area (Å²) in [5.74, 6) is 0.883. The van der Waals surface area contributed by atoms with Gasteiger partial charge in [0.25, 0.3) is 0 Å². The quantitative estimate of drug-likeness (QED) is 0.721. The molecule has 1 aromatic heterocycles. The van der Waals surface area contributed by atoms with Gasteiger partial charge in [-0.3, -0.25) is 9.48 Å². The fraction of sp³-hybridized carbons (Fsp3) is 0.444. The normalized spacial score (nSPS) is 11.3. The Kier molecular flexibility index (Phi) is 7.09. The molecule has 1 N–H and O–H groups in total. The van der Waals surface area contributed by atoms with Gasteiger partial charge in [-0.2, -0.15) is 18.3 Å². The molecule has 0 aliphatic rings. The lowest BCUT2D eigenvalue weighted by Gasteiger charge is -2.12. The molecule has 27 heavy (non-hydrogen) atoms. The molecule has 1 aromatic carbocycles.